The molecule has 1 aromatic carbocycles. The summed E-state index contributed by atoms with van der Waals surface area (Å²) in [6.07, 6.45) is 0.929. The summed E-state index contributed by atoms with van der Waals surface area (Å²) in [5, 5.41) is 0. The third kappa shape index (κ3) is 2.63. The highest BCUT2D eigenvalue weighted by Gasteiger charge is 2.28. The molecule has 1 aliphatic rings. The van der Waals surface area contributed by atoms with Crippen molar-refractivity contribution in [3.63, 3.8) is 0 Å². The summed E-state index contributed by atoms with van der Waals surface area (Å²) in [6, 6.07) is 7.27. The SMILES string of the molecule is COc1ccccc1C(=O)N1CCC(CON)C1. The number of hydrogen-bond acceptors (Lipinski definition) is 4. The molecule has 0 aliphatic carbocycles. The minimum Gasteiger partial charge on any atom is -0.496 e. The molecule has 5 heteroatoms. The van der Waals surface area contributed by atoms with E-state index in [1.807, 2.05) is 17.0 Å². The summed E-state index contributed by atoms with van der Waals surface area (Å²) in [5.74, 6) is 6.01. The van der Waals surface area contributed by atoms with E-state index in [9.17, 15) is 4.79 Å². The van der Waals surface area contributed by atoms with Crippen LogP contribution in [0.25, 0.3) is 0 Å². The number of nitrogens with zero attached hydrogens (tertiary/aromatic N) is 1. The molecule has 0 spiro atoms. The third-order valence-electron chi connectivity index (χ3n) is 3.24. The Morgan fingerprint density at radius 1 is 1.50 bits per heavy atom. The first-order chi connectivity index (χ1) is 8.76. The van der Waals surface area contributed by atoms with Crippen LogP contribution in [0.4, 0.5) is 0 Å². The summed E-state index contributed by atoms with van der Waals surface area (Å²) in [6.45, 7) is 1.93. The van der Waals surface area contributed by atoms with Crippen molar-refractivity contribution < 1.29 is 14.4 Å². The molecule has 2 rings (SSSR count). The molecule has 5 nitrogen and oxygen atoms in total. The van der Waals surface area contributed by atoms with Gasteiger partial charge in [-0.2, -0.15) is 0 Å². The average Bonchev–Trinajstić information content (AvgIpc) is 2.87. The number of ether oxygens (including phenoxy) is 1. The van der Waals surface area contributed by atoms with Crippen LogP contribution in [-0.4, -0.2) is 37.6 Å². The van der Waals surface area contributed by atoms with Crippen molar-refractivity contribution in [3.05, 3.63) is 29.8 Å². The van der Waals surface area contributed by atoms with Gasteiger partial charge in [-0.15, -0.1) is 0 Å². The van der Waals surface area contributed by atoms with E-state index < -0.39 is 0 Å². The van der Waals surface area contributed by atoms with Gasteiger partial charge in [0, 0.05) is 19.0 Å². The highest BCUT2D eigenvalue weighted by Crippen LogP contribution is 2.23. The Morgan fingerprint density at radius 2 is 2.28 bits per heavy atom. The maximum absolute atomic E-state index is 12.4. The molecule has 1 saturated heterocycles. The van der Waals surface area contributed by atoms with Crippen LogP contribution in [0.15, 0.2) is 24.3 Å². The van der Waals surface area contributed by atoms with Crippen molar-refractivity contribution in [2.75, 3.05) is 26.8 Å². The molecule has 1 aliphatic heterocycles. The number of para-hydroxylation sites is 1. The highest BCUT2D eigenvalue weighted by atomic mass is 16.6. The Morgan fingerprint density at radius 3 is 3.00 bits per heavy atom. The van der Waals surface area contributed by atoms with Crippen molar-refractivity contribution in [3.8, 4) is 5.75 Å². The maximum Gasteiger partial charge on any atom is 0.257 e. The standard InChI is InChI=1S/C13H18N2O3/c1-17-12-5-3-2-4-11(12)13(16)15-7-6-10(8-15)9-18-14/h2-5,10H,6-9,14H2,1H3. The molecule has 1 amide bonds. The van der Waals surface area contributed by atoms with Crippen molar-refractivity contribution in [2.24, 2.45) is 11.8 Å². The molecule has 0 radical (unpaired) electrons. The first kappa shape index (κ1) is 12.9. The van der Waals surface area contributed by atoms with Crippen LogP contribution in [0.5, 0.6) is 5.75 Å². The number of likely N-dealkylation sites (tertiary alicyclic amines) is 1. The zero-order chi connectivity index (χ0) is 13.0. The van der Waals surface area contributed by atoms with Gasteiger partial charge in [0.25, 0.3) is 5.91 Å². The Balaban J connectivity index is 2.08. The predicted molar refractivity (Wildman–Crippen MR) is 67.1 cm³/mol. The summed E-state index contributed by atoms with van der Waals surface area (Å²) in [5.41, 5.74) is 0.606. The van der Waals surface area contributed by atoms with E-state index >= 15 is 0 Å². The van der Waals surface area contributed by atoms with Gasteiger partial charge in [-0.1, -0.05) is 12.1 Å². The van der Waals surface area contributed by atoms with E-state index in [4.69, 9.17) is 10.6 Å². The molecule has 1 atom stereocenters. The number of rotatable bonds is 4. The van der Waals surface area contributed by atoms with E-state index in [1.165, 1.54) is 0 Å². The van der Waals surface area contributed by atoms with Gasteiger partial charge in [0.2, 0.25) is 0 Å². The van der Waals surface area contributed by atoms with Crippen molar-refractivity contribution in [1.82, 2.24) is 4.90 Å². The molecule has 1 heterocycles. The van der Waals surface area contributed by atoms with Crippen LogP contribution >= 0.6 is 0 Å². The highest BCUT2D eigenvalue weighted by molar-refractivity contribution is 5.97. The molecule has 2 N–H and O–H groups in total. The minimum absolute atomic E-state index is 0.00646. The van der Waals surface area contributed by atoms with E-state index in [2.05, 4.69) is 4.84 Å². The van der Waals surface area contributed by atoms with Crippen LogP contribution in [-0.2, 0) is 4.84 Å². The smallest absolute Gasteiger partial charge is 0.257 e. The molecule has 1 unspecified atom stereocenters. The number of benzene rings is 1. The van der Waals surface area contributed by atoms with E-state index in [0.29, 0.717) is 30.4 Å². The molecule has 18 heavy (non-hydrogen) atoms. The molecule has 0 aromatic heterocycles. The summed E-state index contributed by atoms with van der Waals surface area (Å²) in [7, 11) is 1.57. The second-order valence-corrected chi connectivity index (χ2v) is 4.44. The molecule has 0 saturated carbocycles. The first-order valence-electron chi connectivity index (χ1n) is 6.00. The lowest BCUT2D eigenvalue weighted by Crippen LogP contribution is -2.29. The number of carbonyl (C=O) groups excluding carboxylic acids is 1. The van der Waals surface area contributed by atoms with Crippen molar-refractivity contribution in [2.45, 2.75) is 6.42 Å². The van der Waals surface area contributed by atoms with Gasteiger partial charge in [-0.05, 0) is 18.6 Å². The van der Waals surface area contributed by atoms with Crippen molar-refractivity contribution in [1.29, 1.82) is 0 Å². The Hall–Kier alpha value is -1.59. The monoisotopic (exact) mass is 250 g/mol. The summed E-state index contributed by atoms with van der Waals surface area (Å²) >= 11 is 0. The lowest BCUT2D eigenvalue weighted by atomic mass is 10.1. The predicted octanol–water partition coefficient (Wildman–Crippen LogP) is 1.05. The fourth-order valence-corrected chi connectivity index (χ4v) is 2.28. The number of methoxy groups -OCH3 is 1. The van der Waals surface area contributed by atoms with Gasteiger partial charge in [-0.3, -0.25) is 4.79 Å². The van der Waals surface area contributed by atoms with Crippen LogP contribution in [0.2, 0.25) is 0 Å². The van der Waals surface area contributed by atoms with Crippen molar-refractivity contribution >= 4 is 5.91 Å². The zero-order valence-electron chi connectivity index (χ0n) is 10.5. The van der Waals surface area contributed by atoms with Crippen LogP contribution in [0.1, 0.15) is 16.8 Å². The van der Waals surface area contributed by atoms with Crippen LogP contribution in [0, 0.1) is 5.92 Å². The van der Waals surface area contributed by atoms with Gasteiger partial charge < -0.3 is 14.5 Å². The lowest BCUT2D eigenvalue weighted by Gasteiger charge is -2.17. The van der Waals surface area contributed by atoms with Crippen LogP contribution in [0.3, 0.4) is 0 Å². The number of carbonyl (C=O) groups is 1. The third-order valence-corrected chi connectivity index (χ3v) is 3.24. The topological polar surface area (TPSA) is 64.8 Å². The maximum atomic E-state index is 12.4. The average molecular weight is 250 g/mol. The van der Waals surface area contributed by atoms with Gasteiger partial charge in [0.1, 0.15) is 5.75 Å². The number of hydrogen-bond donors (Lipinski definition) is 1. The van der Waals surface area contributed by atoms with Gasteiger partial charge in [-0.25, -0.2) is 5.90 Å². The summed E-state index contributed by atoms with van der Waals surface area (Å²) < 4.78 is 5.21. The Bertz CT molecular complexity index is 422. The molecule has 0 bridgehead atoms. The fourth-order valence-electron chi connectivity index (χ4n) is 2.28. The largest absolute Gasteiger partial charge is 0.496 e. The van der Waals surface area contributed by atoms with Crippen LogP contribution < -0.4 is 10.6 Å². The molecule has 1 aromatic rings. The Labute approximate surface area is 106 Å². The summed E-state index contributed by atoms with van der Waals surface area (Å²) in [4.78, 5) is 18.8. The normalized spacial score (nSPS) is 19.0. The number of nitrogens with two attached hydrogens (primary N) is 1. The second kappa shape index (κ2) is 5.84. The zero-order valence-corrected chi connectivity index (χ0v) is 10.5. The van der Waals surface area contributed by atoms with E-state index in [0.717, 1.165) is 13.0 Å². The molecule has 98 valence electrons. The lowest BCUT2D eigenvalue weighted by molar-refractivity contribution is 0.0751. The van der Waals surface area contributed by atoms with Gasteiger partial charge in [0.15, 0.2) is 0 Å². The quantitative estimate of drug-likeness (QED) is 0.811. The van der Waals surface area contributed by atoms with E-state index in [-0.39, 0.29) is 5.91 Å². The molecular weight excluding hydrogens is 232 g/mol. The minimum atomic E-state index is 0.00646. The van der Waals surface area contributed by atoms with Gasteiger partial charge >= 0.3 is 0 Å². The Kier molecular flexibility index (Phi) is 4.17. The van der Waals surface area contributed by atoms with E-state index in [1.54, 1.807) is 19.2 Å². The molecular formula is C13H18N2O3. The second-order valence-electron chi connectivity index (χ2n) is 4.44. The first-order valence-corrected chi connectivity index (χ1v) is 6.00. The fraction of sp³-hybridized carbons (Fsp3) is 0.462. The number of amides is 1. The van der Waals surface area contributed by atoms with Gasteiger partial charge in [0.05, 0.1) is 19.3 Å². The molecule has 1 fully saturated rings.